The maximum atomic E-state index is 11.5. The number of nitrogens with one attached hydrogen (secondary N) is 2. The highest BCUT2D eigenvalue weighted by Crippen LogP contribution is 2.20. The van der Waals surface area contributed by atoms with Gasteiger partial charge in [0.2, 0.25) is 5.91 Å². The molecule has 1 amide bonds. The van der Waals surface area contributed by atoms with E-state index < -0.39 is 16.1 Å². The van der Waals surface area contributed by atoms with Crippen LogP contribution in [-0.2, 0) is 21.4 Å². The van der Waals surface area contributed by atoms with Gasteiger partial charge in [0.1, 0.15) is 0 Å². The van der Waals surface area contributed by atoms with Crippen molar-refractivity contribution in [1.29, 1.82) is 0 Å². The van der Waals surface area contributed by atoms with Crippen molar-refractivity contribution in [2.24, 2.45) is 0 Å². The molecule has 1 aromatic carbocycles. The van der Waals surface area contributed by atoms with E-state index in [1.165, 1.54) is 14.1 Å². The van der Waals surface area contributed by atoms with Crippen LogP contribution in [0, 0.1) is 0 Å². The monoisotopic (exact) mass is 353 g/mol. The Morgan fingerprint density at radius 3 is 2.52 bits per heavy atom. The maximum Gasteiger partial charge on any atom is 0.279 e. The fourth-order valence-corrected chi connectivity index (χ4v) is 2.48. The van der Waals surface area contributed by atoms with Gasteiger partial charge in [0, 0.05) is 30.7 Å². The lowest BCUT2D eigenvalue weighted by atomic mass is 10.1. The van der Waals surface area contributed by atoms with Crippen LogP contribution in [0.15, 0.2) is 18.2 Å². The summed E-state index contributed by atoms with van der Waals surface area (Å²) in [6, 6.07) is 5.13. The van der Waals surface area contributed by atoms with Crippen LogP contribution < -0.4 is 10.0 Å². The van der Waals surface area contributed by atoms with E-state index in [4.69, 9.17) is 23.2 Å². The van der Waals surface area contributed by atoms with Crippen molar-refractivity contribution < 1.29 is 13.2 Å². The normalized spacial score (nSPS) is 11.7. The molecule has 21 heavy (non-hydrogen) atoms. The Labute approximate surface area is 134 Å². The predicted octanol–water partition coefficient (Wildman–Crippen LogP) is 1.05. The maximum absolute atomic E-state index is 11.5. The number of hydrogen-bond acceptors (Lipinski definition) is 3. The van der Waals surface area contributed by atoms with Crippen molar-refractivity contribution in [2.75, 3.05) is 27.2 Å². The van der Waals surface area contributed by atoms with Gasteiger partial charge < -0.3 is 5.32 Å². The number of nitrogens with zero attached hydrogens (tertiary/aromatic N) is 1. The summed E-state index contributed by atoms with van der Waals surface area (Å²) in [4.78, 5) is 11.5. The van der Waals surface area contributed by atoms with Gasteiger partial charge in [0.25, 0.3) is 10.2 Å². The Hall–Kier alpha value is -0.860. The lowest BCUT2D eigenvalue weighted by molar-refractivity contribution is -0.119. The van der Waals surface area contributed by atoms with Gasteiger partial charge in [0.15, 0.2) is 0 Å². The van der Waals surface area contributed by atoms with Crippen LogP contribution in [0.3, 0.4) is 0 Å². The van der Waals surface area contributed by atoms with Crippen LogP contribution in [0.5, 0.6) is 0 Å². The third-order valence-corrected chi connectivity index (χ3v) is 4.68. The van der Waals surface area contributed by atoms with Crippen LogP contribution in [-0.4, -0.2) is 45.8 Å². The number of amides is 1. The Kier molecular flexibility index (Phi) is 6.89. The Bertz CT molecular complexity index is 606. The second-order valence-corrected chi connectivity index (χ2v) is 7.26. The first-order valence-corrected chi connectivity index (χ1v) is 8.29. The van der Waals surface area contributed by atoms with Gasteiger partial charge in [-0.1, -0.05) is 29.3 Å². The summed E-state index contributed by atoms with van der Waals surface area (Å²) in [7, 11) is -0.840. The topological polar surface area (TPSA) is 78.5 Å². The summed E-state index contributed by atoms with van der Waals surface area (Å²) in [5, 5.41) is 3.69. The smallest absolute Gasteiger partial charge is 0.279 e. The molecule has 0 fully saturated rings. The number of hydrogen-bond donors (Lipinski definition) is 2. The Balaban J connectivity index is 2.37. The fraction of sp³-hybridized carbons (Fsp3) is 0.417. The average molecular weight is 354 g/mol. The number of carbonyl (C=O) groups is 1. The first kappa shape index (κ1) is 18.2. The number of rotatable bonds is 7. The molecule has 0 unspecified atom stereocenters. The molecule has 0 aliphatic carbocycles. The average Bonchev–Trinajstić information content (AvgIpc) is 2.39. The fourth-order valence-electron chi connectivity index (χ4n) is 1.41. The molecule has 0 atom stereocenters. The molecule has 6 nitrogen and oxygen atoms in total. The van der Waals surface area contributed by atoms with Crippen molar-refractivity contribution >= 4 is 39.3 Å². The Morgan fingerprint density at radius 2 is 1.95 bits per heavy atom. The molecule has 118 valence electrons. The predicted molar refractivity (Wildman–Crippen MR) is 83.8 cm³/mol. The minimum atomic E-state index is -3.60. The molecular formula is C12H17Cl2N3O3S. The molecule has 0 bridgehead atoms. The largest absolute Gasteiger partial charge is 0.355 e. The molecule has 2 N–H and O–H groups in total. The van der Waals surface area contributed by atoms with Crippen LogP contribution in [0.4, 0.5) is 0 Å². The van der Waals surface area contributed by atoms with E-state index in [0.717, 1.165) is 9.87 Å². The van der Waals surface area contributed by atoms with Crippen molar-refractivity contribution in [2.45, 2.75) is 6.42 Å². The van der Waals surface area contributed by atoms with Gasteiger partial charge in [-0.2, -0.15) is 17.4 Å². The minimum absolute atomic E-state index is 0.311. The summed E-state index contributed by atoms with van der Waals surface area (Å²) in [6.45, 7) is 0.0404. The molecule has 0 saturated heterocycles. The quantitative estimate of drug-likeness (QED) is 0.768. The van der Waals surface area contributed by atoms with E-state index in [1.807, 2.05) is 0 Å². The van der Waals surface area contributed by atoms with E-state index in [1.54, 1.807) is 18.2 Å². The van der Waals surface area contributed by atoms with Gasteiger partial charge in [-0.05, 0) is 24.1 Å². The van der Waals surface area contributed by atoms with Gasteiger partial charge in [-0.25, -0.2) is 0 Å². The second kappa shape index (κ2) is 7.95. The third-order valence-electron chi connectivity index (χ3n) is 2.63. The SMILES string of the molecule is CN(C)S(=O)(=O)NCC(=O)NCCc1ccc(Cl)cc1Cl. The van der Waals surface area contributed by atoms with Crippen molar-refractivity contribution in [1.82, 2.24) is 14.3 Å². The number of carbonyl (C=O) groups excluding carboxylic acids is 1. The van der Waals surface area contributed by atoms with Crippen LogP contribution >= 0.6 is 23.2 Å². The number of halogens is 2. The molecule has 0 aliphatic rings. The summed E-state index contributed by atoms with van der Waals surface area (Å²) in [6.07, 6.45) is 0.530. The van der Waals surface area contributed by atoms with Crippen LogP contribution in [0.1, 0.15) is 5.56 Å². The van der Waals surface area contributed by atoms with E-state index >= 15 is 0 Å². The molecule has 0 saturated carbocycles. The highest BCUT2D eigenvalue weighted by Gasteiger charge is 2.14. The van der Waals surface area contributed by atoms with E-state index in [-0.39, 0.29) is 6.54 Å². The van der Waals surface area contributed by atoms with Gasteiger partial charge in [-0.3, -0.25) is 4.79 Å². The number of benzene rings is 1. The summed E-state index contributed by atoms with van der Waals surface area (Å²) < 4.78 is 26.0. The zero-order valence-electron chi connectivity index (χ0n) is 11.7. The van der Waals surface area contributed by atoms with E-state index in [9.17, 15) is 13.2 Å². The lowest BCUT2D eigenvalue weighted by Gasteiger charge is -2.12. The van der Waals surface area contributed by atoms with Crippen molar-refractivity contribution in [3.63, 3.8) is 0 Å². The van der Waals surface area contributed by atoms with Gasteiger partial charge in [-0.15, -0.1) is 0 Å². The van der Waals surface area contributed by atoms with Crippen LogP contribution in [0.25, 0.3) is 0 Å². The zero-order valence-corrected chi connectivity index (χ0v) is 14.0. The zero-order chi connectivity index (χ0) is 16.0. The highest BCUT2D eigenvalue weighted by atomic mass is 35.5. The molecule has 0 aromatic heterocycles. The summed E-state index contributed by atoms with van der Waals surface area (Å²) in [5.41, 5.74) is 0.857. The lowest BCUT2D eigenvalue weighted by Crippen LogP contribution is -2.42. The van der Waals surface area contributed by atoms with Gasteiger partial charge >= 0.3 is 0 Å². The standard InChI is InChI=1S/C12H17Cl2N3O3S/c1-17(2)21(19,20)16-8-12(18)15-6-5-9-3-4-10(13)7-11(9)14/h3-4,7,16H,5-6,8H2,1-2H3,(H,15,18). The molecule has 1 rings (SSSR count). The van der Waals surface area contributed by atoms with E-state index in [2.05, 4.69) is 10.0 Å². The molecule has 0 aliphatic heterocycles. The molecule has 9 heteroatoms. The van der Waals surface area contributed by atoms with Crippen LogP contribution in [0.2, 0.25) is 10.0 Å². The molecular weight excluding hydrogens is 337 g/mol. The Morgan fingerprint density at radius 1 is 1.29 bits per heavy atom. The van der Waals surface area contributed by atoms with Crippen molar-refractivity contribution in [3.05, 3.63) is 33.8 Å². The summed E-state index contributed by atoms with van der Waals surface area (Å²) >= 11 is 11.8. The molecule has 0 spiro atoms. The molecule has 1 aromatic rings. The second-order valence-electron chi connectivity index (χ2n) is 4.44. The molecule has 0 heterocycles. The van der Waals surface area contributed by atoms with Crippen molar-refractivity contribution in [3.8, 4) is 0 Å². The van der Waals surface area contributed by atoms with E-state index in [0.29, 0.717) is 23.0 Å². The van der Waals surface area contributed by atoms with Gasteiger partial charge in [0.05, 0.1) is 6.54 Å². The third kappa shape index (κ3) is 6.19. The first-order valence-electron chi connectivity index (χ1n) is 6.10. The summed E-state index contributed by atoms with van der Waals surface area (Å²) in [5.74, 6) is -0.412. The minimum Gasteiger partial charge on any atom is -0.355 e. The highest BCUT2D eigenvalue weighted by molar-refractivity contribution is 7.87. The molecule has 0 radical (unpaired) electrons. The first-order chi connectivity index (χ1) is 9.72.